The van der Waals surface area contributed by atoms with Gasteiger partial charge in [-0.3, -0.25) is 9.69 Å². The molecular formula is C24H34N6O2. The number of H-pyrrole nitrogens is 1. The van der Waals surface area contributed by atoms with Crippen LogP contribution in [-0.2, 0) is 17.8 Å². The number of aryl methyl sites for hydroxylation is 1. The van der Waals surface area contributed by atoms with Crippen molar-refractivity contribution in [2.75, 3.05) is 13.7 Å². The van der Waals surface area contributed by atoms with Crippen molar-refractivity contribution in [2.45, 2.75) is 71.6 Å². The van der Waals surface area contributed by atoms with Gasteiger partial charge in [-0.2, -0.15) is 0 Å². The van der Waals surface area contributed by atoms with E-state index in [2.05, 4.69) is 51.4 Å². The fraction of sp³-hybridized carbons (Fsp3) is 0.583. The number of aromatic amines is 1. The third-order valence-electron chi connectivity index (χ3n) is 6.55. The predicted octanol–water partition coefficient (Wildman–Crippen LogP) is 3.61. The number of methoxy groups -OCH3 is 1. The molecule has 1 atom stereocenters. The Labute approximate surface area is 189 Å². The summed E-state index contributed by atoms with van der Waals surface area (Å²) in [5.74, 6) is 1.13. The van der Waals surface area contributed by atoms with Gasteiger partial charge in [-0.1, -0.05) is 38.8 Å². The van der Waals surface area contributed by atoms with E-state index in [-0.39, 0.29) is 17.5 Å². The lowest BCUT2D eigenvalue weighted by Crippen LogP contribution is -2.41. The van der Waals surface area contributed by atoms with Crippen LogP contribution in [0.1, 0.15) is 62.5 Å². The standard InChI is InChI=1S/C24H34N6O2/c1-16(2)22(23-26-27-28-30(23)11-12-32-4)29(20-7-5-6-8-20)15-19-14-18-10-9-17(3)13-21(18)25-24(19)31/h9-10,13-14,16,20,22H,5-8,11-12,15H2,1-4H3,(H,25,31)/t22-/m0/s1. The van der Waals surface area contributed by atoms with Gasteiger partial charge in [0, 0.05) is 30.8 Å². The van der Waals surface area contributed by atoms with Gasteiger partial charge in [0.2, 0.25) is 0 Å². The van der Waals surface area contributed by atoms with Gasteiger partial charge in [-0.15, -0.1) is 5.10 Å². The van der Waals surface area contributed by atoms with E-state index in [0.717, 1.165) is 40.7 Å². The maximum absolute atomic E-state index is 13.0. The minimum atomic E-state index is -0.0208. The number of hydrogen-bond donors (Lipinski definition) is 1. The number of aromatic nitrogens is 5. The molecule has 0 amide bonds. The molecule has 32 heavy (non-hydrogen) atoms. The molecule has 1 N–H and O–H groups in total. The van der Waals surface area contributed by atoms with E-state index in [4.69, 9.17) is 4.74 Å². The number of rotatable bonds is 9. The molecule has 0 saturated heterocycles. The van der Waals surface area contributed by atoms with Gasteiger partial charge in [0.05, 0.1) is 19.2 Å². The van der Waals surface area contributed by atoms with Gasteiger partial charge < -0.3 is 9.72 Å². The van der Waals surface area contributed by atoms with E-state index in [1.807, 2.05) is 23.7 Å². The summed E-state index contributed by atoms with van der Waals surface area (Å²) in [6.45, 7) is 8.18. The third-order valence-corrected chi connectivity index (χ3v) is 6.55. The normalized spacial score (nSPS) is 15.9. The van der Waals surface area contributed by atoms with Crippen LogP contribution >= 0.6 is 0 Å². The summed E-state index contributed by atoms with van der Waals surface area (Å²) in [6.07, 6.45) is 4.70. The first-order valence-corrected chi connectivity index (χ1v) is 11.6. The molecule has 8 heteroatoms. The molecule has 0 spiro atoms. The molecule has 1 saturated carbocycles. The molecule has 0 bridgehead atoms. The minimum absolute atomic E-state index is 0.0121. The Kier molecular flexibility index (Phi) is 7.01. The monoisotopic (exact) mass is 438 g/mol. The van der Waals surface area contributed by atoms with Gasteiger partial charge in [0.1, 0.15) is 0 Å². The molecule has 2 aromatic heterocycles. The largest absolute Gasteiger partial charge is 0.383 e. The molecule has 1 aliphatic carbocycles. The summed E-state index contributed by atoms with van der Waals surface area (Å²) in [4.78, 5) is 18.6. The van der Waals surface area contributed by atoms with E-state index in [1.165, 1.54) is 12.8 Å². The smallest absolute Gasteiger partial charge is 0.252 e. The van der Waals surface area contributed by atoms with Crippen LogP contribution in [0.2, 0.25) is 0 Å². The van der Waals surface area contributed by atoms with Gasteiger partial charge in [-0.05, 0) is 59.2 Å². The van der Waals surface area contributed by atoms with E-state index < -0.39 is 0 Å². The second-order valence-corrected chi connectivity index (χ2v) is 9.27. The molecule has 0 unspecified atom stereocenters. The summed E-state index contributed by atoms with van der Waals surface area (Å²) >= 11 is 0. The van der Waals surface area contributed by atoms with E-state index in [1.54, 1.807) is 7.11 Å². The maximum Gasteiger partial charge on any atom is 0.252 e. The van der Waals surface area contributed by atoms with Crippen LogP contribution in [0, 0.1) is 12.8 Å². The highest BCUT2D eigenvalue weighted by atomic mass is 16.5. The summed E-state index contributed by atoms with van der Waals surface area (Å²) in [5.41, 5.74) is 2.79. The first kappa shape index (κ1) is 22.6. The first-order chi connectivity index (χ1) is 15.5. The van der Waals surface area contributed by atoms with Crippen LogP contribution in [0.4, 0.5) is 0 Å². The number of tetrazole rings is 1. The highest BCUT2D eigenvalue weighted by Crippen LogP contribution is 2.35. The fourth-order valence-corrected chi connectivity index (χ4v) is 4.95. The number of benzene rings is 1. The molecule has 8 nitrogen and oxygen atoms in total. The lowest BCUT2D eigenvalue weighted by Gasteiger charge is -2.38. The number of nitrogens with zero attached hydrogens (tertiary/aromatic N) is 5. The molecule has 1 fully saturated rings. The van der Waals surface area contributed by atoms with Crippen molar-refractivity contribution in [3.8, 4) is 0 Å². The summed E-state index contributed by atoms with van der Waals surface area (Å²) in [5, 5.41) is 13.7. The molecule has 2 heterocycles. The molecule has 172 valence electrons. The summed E-state index contributed by atoms with van der Waals surface area (Å²) in [6, 6.07) is 8.65. The van der Waals surface area contributed by atoms with Crippen molar-refractivity contribution in [3.63, 3.8) is 0 Å². The lowest BCUT2D eigenvalue weighted by molar-refractivity contribution is 0.0822. The zero-order valence-electron chi connectivity index (χ0n) is 19.5. The summed E-state index contributed by atoms with van der Waals surface area (Å²) < 4.78 is 7.11. The summed E-state index contributed by atoms with van der Waals surface area (Å²) in [7, 11) is 1.68. The quantitative estimate of drug-likeness (QED) is 0.549. The average molecular weight is 439 g/mol. The average Bonchev–Trinajstić information content (AvgIpc) is 3.44. The second kappa shape index (κ2) is 9.92. The minimum Gasteiger partial charge on any atom is -0.383 e. The molecule has 1 aromatic carbocycles. The van der Waals surface area contributed by atoms with Gasteiger partial charge in [0.25, 0.3) is 5.56 Å². The maximum atomic E-state index is 13.0. The zero-order chi connectivity index (χ0) is 22.7. The van der Waals surface area contributed by atoms with Gasteiger partial charge >= 0.3 is 0 Å². The molecule has 1 aliphatic rings. The van der Waals surface area contributed by atoms with E-state index in [9.17, 15) is 4.79 Å². The first-order valence-electron chi connectivity index (χ1n) is 11.6. The van der Waals surface area contributed by atoms with Crippen molar-refractivity contribution >= 4 is 10.9 Å². The number of fused-ring (bicyclic) bond motifs is 1. The SMILES string of the molecule is COCCn1nnnc1[C@H](C(C)C)N(Cc1cc2ccc(C)cc2[nH]c1=O)C1CCCC1. The highest BCUT2D eigenvalue weighted by molar-refractivity contribution is 5.79. The Bertz CT molecular complexity index is 1100. The van der Waals surface area contributed by atoms with Crippen LogP contribution < -0.4 is 5.56 Å². The Morgan fingerprint density at radius 3 is 2.75 bits per heavy atom. The van der Waals surface area contributed by atoms with Crippen LogP contribution in [0.25, 0.3) is 10.9 Å². The molecular weight excluding hydrogens is 404 g/mol. The zero-order valence-corrected chi connectivity index (χ0v) is 19.5. The lowest BCUT2D eigenvalue weighted by atomic mass is 9.97. The van der Waals surface area contributed by atoms with Gasteiger partial charge in [0.15, 0.2) is 5.82 Å². The van der Waals surface area contributed by atoms with Crippen molar-refractivity contribution < 1.29 is 4.74 Å². The fourth-order valence-electron chi connectivity index (χ4n) is 4.95. The van der Waals surface area contributed by atoms with Crippen molar-refractivity contribution in [3.05, 3.63) is 51.6 Å². The molecule has 0 radical (unpaired) electrons. The Balaban J connectivity index is 1.73. The Morgan fingerprint density at radius 1 is 1.25 bits per heavy atom. The van der Waals surface area contributed by atoms with E-state index in [0.29, 0.717) is 25.7 Å². The van der Waals surface area contributed by atoms with Crippen molar-refractivity contribution in [1.29, 1.82) is 0 Å². The number of pyridine rings is 1. The third kappa shape index (κ3) is 4.76. The second-order valence-electron chi connectivity index (χ2n) is 9.27. The number of ether oxygens (including phenoxy) is 1. The van der Waals surface area contributed by atoms with Crippen molar-refractivity contribution in [1.82, 2.24) is 30.1 Å². The van der Waals surface area contributed by atoms with Gasteiger partial charge in [-0.25, -0.2) is 4.68 Å². The predicted molar refractivity (Wildman–Crippen MR) is 124 cm³/mol. The Morgan fingerprint density at radius 2 is 2.03 bits per heavy atom. The van der Waals surface area contributed by atoms with Crippen LogP contribution in [-0.4, -0.2) is 49.8 Å². The topological polar surface area (TPSA) is 88.9 Å². The van der Waals surface area contributed by atoms with Crippen molar-refractivity contribution in [2.24, 2.45) is 5.92 Å². The van der Waals surface area contributed by atoms with Crippen LogP contribution in [0.5, 0.6) is 0 Å². The molecule has 3 aromatic rings. The molecule has 4 rings (SSSR count). The highest BCUT2D eigenvalue weighted by Gasteiger charge is 2.35. The number of nitrogens with one attached hydrogen (secondary N) is 1. The van der Waals surface area contributed by atoms with E-state index >= 15 is 0 Å². The Hall–Kier alpha value is -2.58. The number of hydrogen-bond acceptors (Lipinski definition) is 6. The van der Waals surface area contributed by atoms with Crippen LogP contribution in [0.15, 0.2) is 29.1 Å². The molecule has 0 aliphatic heterocycles. The van der Waals surface area contributed by atoms with Crippen LogP contribution in [0.3, 0.4) is 0 Å².